The zero-order valence-electron chi connectivity index (χ0n) is 9.54. The highest BCUT2D eigenvalue weighted by molar-refractivity contribution is 7.83. The Labute approximate surface area is 104 Å². The largest absolute Gasteiger partial charge is 0.229 e. The Morgan fingerprint density at radius 1 is 1.00 bits per heavy atom. The first-order chi connectivity index (χ1) is 8.25. The summed E-state index contributed by atoms with van der Waals surface area (Å²) in [6, 6.07) is 17.2. The molecule has 0 aliphatic rings. The molecule has 0 unspecified atom stereocenters. The molecule has 0 aliphatic carbocycles. The first-order valence-corrected chi connectivity index (χ1v) is 6.44. The zero-order chi connectivity index (χ0) is 12.1. The van der Waals surface area contributed by atoms with Crippen molar-refractivity contribution in [3.8, 4) is 0 Å². The maximum atomic E-state index is 11.8. The Balaban J connectivity index is 2.12. The fraction of sp³-hybridized carbons (Fsp3) is 0.0714. The molecule has 0 aliphatic heterocycles. The second-order valence-corrected chi connectivity index (χ2v) is 4.89. The summed E-state index contributed by atoms with van der Waals surface area (Å²) in [5, 5.41) is 0. The van der Waals surface area contributed by atoms with Crippen LogP contribution in [0.5, 0.6) is 0 Å². The smallest absolute Gasteiger partial charge is 0.172 e. The van der Waals surface area contributed by atoms with Crippen molar-refractivity contribution in [3.63, 3.8) is 0 Å². The zero-order valence-corrected chi connectivity index (χ0v) is 10.4. The Kier molecular flexibility index (Phi) is 3.83. The quantitative estimate of drug-likeness (QED) is 0.761. The molecule has 1 atom stereocenters. The van der Waals surface area contributed by atoms with Crippen molar-refractivity contribution in [2.45, 2.75) is 11.8 Å². The fourth-order valence-electron chi connectivity index (χ4n) is 1.36. The van der Waals surface area contributed by atoms with E-state index in [0.717, 1.165) is 16.0 Å². The summed E-state index contributed by atoms with van der Waals surface area (Å²) >= 11 is 0. The summed E-state index contributed by atoms with van der Waals surface area (Å²) in [6.07, 6.45) is 1.63. The number of rotatable bonds is 3. The minimum Gasteiger partial charge on any atom is -0.229 e. The van der Waals surface area contributed by atoms with Gasteiger partial charge in [-0.05, 0) is 24.6 Å². The van der Waals surface area contributed by atoms with Crippen molar-refractivity contribution in [3.05, 3.63) is 65.7 Å². The highest BCUT2D eigenvalue weighted by atomic mass is 32.2. The van der Waals surface area contributed by atoms with Crippen molar-refractivity contribution in [2.75, 3.05) is 0 Å². The molecular weight excluding hydrogens is 230 g/mol. The van der Waals surface area contributed by atoms with Crippen LogP contribution in [0.2, 0.25) is 0 Å². The van der Waals surface area contributed by atoms with Gasteiger partial charge in [-0.2, -0.15) is 4.40 Å². The first kappa shape index (κ1) is 11.7. The van der Waals surface area contributed by atoms with Crippen LogP contribution in [-0.4, -0.2) is 10.4 Å². The summed E-state index contributed by atoms with van der Waals surface area (Å²) in [4.78, 5) is 0.725. The van der Waals surface area contributed by atoms with E-state index in [2.05, 4.69) is 4.40 Å². The van der Waals surface area contributed by atoms with Gasteiger partial charge in [-0.1, -0.05) is 48.0 Å². The fourth-order valence-corrected chi connectivity index (χ4v) is 2.07. The lowest BCUT2D eigenvalue weighted by Crippen LogP contribution is -1.89. The molecule has 0 spiro atoms. The average molecular weight is 243 g/mol. The molecule has 0 saturated heterocycles. The SMILES string of the molecule is Cc1ccc([S@@](=O)N=Cc2ccccc2)cc1. The number of benzene rings is 2. The second kappa shape index (κ2) is 5.55. The van der Waals surface area contributed by atoms with Gasteiger partial charge in [-0.15, -0.1) is 0 Å². The molecular formula is C14H13NOS. The molecule has 2 rings (SSSR count). The molecule has 2 aromatic rings. The van der Waals surface area contributed by atoms with Crippen molar-refractivity contribution in [1.29, 1.82) is 0 Å². The van der Waals surface area contributed by atoms with Gasteiger partial charge in [0.1, 0.15) is 0 Å². The predicted molar refractivity (Wildman–Crippen MR) is 71.6 cm³/mol. The van der Waals surface area contributed by atoms with Crippen LogP contribution >= 0.6 is 0 Å². The van der Waals surface area contributed by atoms with Gasteiger partial charge in [0.2, 0.25) is 0 Å². The molecule has 0 N–H and O–H groups in total. The van der Waals surface area contributed by atoms with Crippen LogP contribution in [0.15, 0.2) is 63.9 Å². The lowest BCUT2D eigenvalue weighted by atomic mass is 10.2. The van der Waals surface area contributed by atoms with Gasteiger partial charge >= 0.3 is 0 Å². The maximum Gasteiger partial charge on any atom is 0.172 e. The van der Waals surface area contributed by atoms with E-state index in [1.165, 1.54) is 0 Å². The van der Waals surface area contributed by atoms with Crippen molar-refractivity contribution >= 4 is 17.2 Å². The topological polar surface area (TPSA) is 29.4 Å². The molecule has 0 saturated carbocycles. The third-order valence-electron chi connectivity index (χ3n) is 2.32. The first-order valence-electron chi connectivity index (χ1n) is 5.33. The van der Waals surface area contributed by atoms with Gasteiger partial charge in [0.05, 0.1) is 4.90 Å². The predicted octanol–water partition coefficient (Wildman–Crippen LogP) is 3.14. The van der Waals surface area contributed by atoms with Crippen LogP contribution in [0.25, 0.3) is 0 Å². The van der Waals surface area contributed by atoms with Gasteiger partial charge in [0, 0.05) is 6.21 Å². The molecule has 0 radical (unpaired) electrons. The van der Waals surface area contributed by atoms with E-state index >= 15 is 0 Å². The number of nitrogens with zero attached hydrogens (tertiary/aromatic N) is 1. The summed E-state index contributed by atoms with van der Waals surface area (Å²) in [6.45, 7) is 2.00. The molecule has 17 heavy (non-hydrogen) atoms. The summed E-state index contributed by atoms with van der Waals surface area (Å²) in [7, 11) is -1.32. The van der Waals surface area contributed by atoms with Gasteiger partial charge in [0.15, 0.2) is 11.0 Å². The Hall–Kier alpha value is -1.74. The van der Waals surface area contributed by atoms with Crippen LogP contribution in [0, 0.1) is 6.92 Å². The molecule has 2 aromatic carbocycles. The van der Waals surface area contributed by atoms with Gasteiger partial charge < -0.3 is 0 Å². The van der Waals surface area contributed by atoms with E-state index < -0.39 is 11.0 Å². The summed E-state index contributed by atoms with van der Waals surface area (Å²) < 4.78 is 15.9. The standard InChI is InChI=1S/C14H13NOS/c1-12-7-9-14(10-8-12)17(16)15-11-13-5-3-2-4-6-13/h2-11H,1H3/t17-/m1/s1. The summed E-state index contributed by atoms with van der Waals surface area (Å²) in [5.41, 5.74) is 2.10. The van der Waals surface area contributed by atoms with E-state index in [1.54, 1.807) is 6.21 Å². The van der Waals surface area contributed by atoms with Crippen LogP contribution in [0.4, 0.5) is 0 Å². The highest BCUT2D eigenvalue weighted by Gasteiger charge is 1.99. The monoisotopic (exact) mass is 243 g/mol. The molecule has 86 valence electrons. The number of hydrogen-bond donors (Lipinski definition) is 0. The van der Waals surface area contributed by atoms with Gasteiger partial charge in [-0.25, -0.2) is 4.21 Å². The third kappa shape index (κ3) is 3.36. The normalized spacial score (nSPS) is 12.8. The Morgan fingerprint density at radius 3 is 2.29 bits per heavy atom. The van der Waals surface area contributed by atoms with E-state index in [4.69, 9.17) is 0 Å². The Bertz CT molecular complexity index is 532. The Morgan fingerprint density at radius 2 is 1.65 bits per heavy atom. The number of hydrogen-bond acceptors (Lipinski definition) is 1. The molecule has 0 heterocycles. The molecule has 0 amide bonds. The molecule has 0 bridgehead atoms. The molecule has 3 heteroatoms. The highest BCUT2D eigenvalue weighted by Crippen LogP contribution is 2.09. The van der Waals surface area contributed by atoms with Gasteiger partial charge in [0.25, 0.3) is 0 Å². The molecule has 0 fully saturated rings. The second-order valence-electron chi connectivity index (χ2n) is 3.71. The molecule has 2 nitrogen and oxygen atoms in total. The van der Waals surface area contributed by atoms with Crippen LogP contribution in [0.3, 0.4) is 0 Å². The van der Waals surface area contributed by atoms with Crippen LogP contribution < -0.4 is 0 Å². The van der Waals surface area contributed by atoms with E-state index in [1.807, 2.05) is 61.5 Å². The van der Waals surface area contributed by atoms with E-state index in [-0.39, 0.29) is 0 Å². The van der Waals surface area contributed by atoms with Crippen LogP contribution in [-0.2, 0) is 11.0 Å². The van der Waals surface area contributed by atoms with Crippen molar-refractivity contribution < 1.29 is 4.21 Å². The van der Waals surface area contributed by atoms with E-state index in [9.17, 15) is 4.21 Å². The summed E-state index contributed by atoms with van der Waals surface area (Å²) in [5.74, 6) is 0. The van der Waals surface area contributed by atoms with Crippen LogP contribution in [0.1, 0.15) is 11.1 Å². The van der Waals surface area contributed by atoms with Gasteiger partial charge in [-0.3, -0.25) is 0 Å². The lowest BCUT2D eigenvalue weighted by Gasteiger charge is -1.97. The minimum atomic E-state index is -1.32. The third-order valence-corrected chi connectivity index (χ3v) is 3.29. The lowest BCUT2D eigenvalue weighted by molar-refractivity contribution is 0.684. The van der Waals surface area contributed by atoms with Crippen molar-refractivity contribution in [2.24, 2.45) is 4.40 Å². The minimum absolute atomic E-state index is 0.725. The maximum absolute atomic E-state index is 11.8. The molecule has 0 aromatic heterocycles. The average Bonchev–Trinajstić information content (AvgIpc) is 2.38. The van der Waals surface area contributed by atoms with E-state index in [0.29, 0.717) is 0 Å². The number of aryl methyl sites for hydroxylation is 1. The van der Waals surface area contributed by atoms with Crippen molar-refractivity contribution in [1.82, 2.24) is 0 Å².